The van der Waals surface area contributed by atoms with E-state index < -0.39 is 6.04 Å². The number of anilines is 1. The highest BCUT2D eigenvalue weighted by Crippen LogP contribution is 2.45. The van der Waals surface area contributed by atoms with Gasteiger partial charge in [-0.3, -0.25) is 14.8 Å². The van der Waals surface area contributed by atoms with Crippen molar-refractivity contribution in [1.29, 1.82) is 0 Å². The summed E-state index contributed by atoms with van der Waals surface area (Å²) in [4.78, 5) is 15.0. The number of nitrogens with zero attached hydrogens (tertiary/aromatic N) is 2. The Morgan fingerprint density at radius 2 is 1.77 bits per heavy atom. The van der Waals surface area contributed by atoms with Gasteiger partial charge in [0.15, 0.2) is 0 Å². The van der Waals surface area contributed by atoms with Crippen LogP contribution < -0.4 is 9.64 Å². The topological polar surface area (TPSA) is 58.2 Å². The third-order valence-corrected chi connectivity index (χ3v) is 5.33. The lowest BCUT2D eigenvalue weighted by molar-refractivity contribution is 0.0988. The molecule has 0 saturated heterocycles. The summed E-state index contributed by atoms with van der Waals surface area (Å²) in [5.74, 6) is 0.184. The van der Waals surface area contributed by atoms with Gasteiger partial charge in [0.25, 0.3) is 5.91 Å². The molecule has 0 fully saturated rings. The zero-order chi connectivity index (χ0) is 20.7. The fraction of sp³-hybridized carbons (Fsp3) is 0.0833. The molecular weight excluding hydrogens is 381 g/mol. The normalized spacial score (nSPS) is 15.3. The highest BCUT2D eigenvalue weighted by molar-refractivity contribution is 6.11. The first-order valence-electron chi connectivity index (χ1n) is 9.54. The average Bonchev–Trinajstić information content (AvgIpc) is 3.33. The van der Waals surface area contributed by atoms with Crippen molar-refractivity contribution in [3.63, 3.8) is 0 Å². The minimum absolute atomic E-state index is 0.197. The largest absolute Gasteiger partial charge is 0.497 e. The van der Waals surface area contributed by atoms with Gasteiger partial charge in [0.2, 0.25) is 0 Å². The molecule has 1 aliphatic heterocycles. The van der Waals surface area contributed by atoms with Crippen LogP contribution in [0.4, 0.5) is 10.1 Å². The number of H-pyrrole nitrogens is 1. The van der Waals surface area contributed by atoms with E-state index in [9.17, 15) is 9.18 Å². The van der Waals surface area contributed by atoms with Crippen LogP contribution in [0.5, 0.6) is 5.75 Å². The highest BCUT2D eigenvalue weighted by atomic mass is 19.1. The summed E-state index contributed by atoms with van der Waals surface area (Å²) in [6.07, 6.45) is 0. The van der Waals surface area contributed by atoms with E-state index in [1.54, 1.807) is 18.1 Å². The zero-order valence-electron chi connectivity index (χ0n) is 16.2. The molecule has 3 aromatic carbocycles. The van der Waals surface area contributed by atoms with Gasteiger partial charge in [-0.15, -0.1) is 0 Å². The maximum atomic E-state index is 14.1. The maximum Gasteiger partial charge on any atom is 0.277 e. The summed E-state index contributed by atoms with van der Waals surface area (Å²) in [7, 11) is 1.61. The Labute approximate surface area is 172 Å². The quantitative estimate of drug-likeness (QED) is 0.527. The van der Waals surface area contributed by atoms with Crippen LogP contribution in [0.15, 0.2) is 78.9 Å². The third kappa shape index (κ3) is 2.85. The summed E-state index contributed by atoms with van der Waals surface area (Å²) in [5, 5.41) is 7.34. The number of aromatic amines is 1. The Bertz CT molecular complexity index is 1220. The van der Waals surface area contributed by atoms with Crippen molar-refractivity contribution in [1.82, 2.24) is 10.2 Å². The van der Waals surface area contributed by atoms with E-state index in [1.165, 1.54) is 12.1 Å². The molecule has 30 heavy (non-hydrogen) atoms. The number of aromatic nitrogens is 2. The highest BCUT2D eigenvalue weighted by Gasteiger charge is 2.43. The average molecular weight is 399 g/mol. The van der Waals surface area contributed by atoms with Crippen molar-refractivity contribution in [2.45, 2.75) is 6.04 Å². The molecule has 1 aliphatic rings. The van der Waals surface area contributed by atoms with Gasteiger partial charge in [-0.25, -0.2) is 4.39 Å². The Balaban J connectivity index is 1.71. The minimum Gasteiger partial charge on any atom is -0.497 e. The van der Waals surface area contributed by atoms with Gasteiger partial charge >= 0.3 is 0 Å². The molecule has 0 unspecified atom stereocenters. The predicted molar refractivity (Wildman–Crippen MR) is 112 cm³/mol. The zero-order valence-corrected chi connectivity index (χ0v) is 16.2. The number of ether oxygens (including phenoxy) is 1. The second-order valence-corrected chi connectivity index (χ2v) is 7.06. The molecule has 6 heteroatoms. The lowest BCUT2D eigenvalue weighted by Gasteiger charge is -2.26. The van der Waals surface area contributed by atoms with Crippen molar-refractivity contribution < 1.29 is 13.9 Å². The standard InChI is InChI=1S/C24H18FN3O2/c1-30-19-12-10-15(11-13-19)21-20-22(27-26-21)24(29)28(18-8-3-2-4-9-18)23(20)16-6-5-7-17(25)14-16/h2-14,23H,1H3,(H,26,27)/t23-/m0/s1. The lowest BCUT2D eigenvalue weighted by atomic mass is 9.95. The molecule has 1 aromatic heterocycles. The Morgan fingerprint density at radius 1 is 1.00 bits per heavy atom. The number of benzene rings is 3. The molecule has 0 aliphatic carbocycles. The maximum absolute atomic E-state index is 14.1. The van der Waals surface area contributed by atoms with Crippen LogP contribution in [0.1, 0.15) is 27.7 Å². The van der Waals surface area contributed by atoms with Crippen molar-refractivity contribution >= 4 is 11.6 Å². The number of carbonyl (C=O) groups is 1. The lowest BCUT2D eigenvalue weighted by Crippen LogP contribution is -2.29. The number of hydrogen-bond acceptors (Lipinski definition) is 3. The summed E-state index contributed by atoms with van der Waals surface area (Å²) in [6.45, 7) is 0. The number of hydrogen-bond donors (Lipinski definition) is 1. The number of carbonyl (C=O) groups excluding carboxylic acids is 1. The monoisotopic (exact) mass is 399 g/mol. The fourth-order valence-corrected chi connectivity index (χ4v) is 3.96. The van der Waals surface area contributed by atoms with Crippen LogP contribution in [-0.4, -0.2) is 23.2 Å². The molecule has 0 radical (unpaired) electrons. The third-order valence-electron chi connectivity index (χ3n) is 5.33. The van der Waals surface area contributed by atoms with Gasteiger partial charge in [-0.1, -0.05) is 30.3 Å². The van der Waals surface area contributed by atoms with Crippen LogP contribution in [0, 0.1) is 5.82 Å². The number of methoxy groups -OCH3 is 1. The van der Waals surface area contributed by atoms with Crippen molar-refractivity contribution in [2.75, 3.05) is 12.0 Å². The molecule has 2 heterocycles. The van der Waals surface area contributed by atoms with Gasteiger partial charge < -0.3 is 4.74 Å². The van der Waals surface area contributed by atoms with E-state index in [0.29, 0.717) is 17.0 Å². The SMILES string of the molecule is COc1ccc(-c2n[nH]c3c2[C@H](c2cccc(F)c2)N(c2ccccc2)C3=O)cc1. The first kappa shape index (κ1) is 18.1. The second kappa shape index (κ2) is 7.15. The molecule has 0 saturated carbocycles. The summed E-state index contributed by atoms with van der Waals surface area (Å²) in [6, 6.07) is 22.7. The van der Waals surface area contributed by atoms with Gasteiger partial charge in [-0.2, -0.15) is 5.10 Å². The fourth-order valence-electron chi connectivity index (χ4n) is 3.96. The number of para-hydroxylation sites is 1. The van der Waals surface area contributed by atoms with Crippen molar-refractivity contribution in [3.05, 3.63) is 102 Å². The molecule has 5 nitrogen and oxygen atoms in total. The second-order valence-electron chi connectivity index (χ2n) is 7.06. The molecule has 1 atom stereocenters. The van der Waals surface area contributed by atoms with E-state index in [4.69, 9.17) is 4.74 Å². The van der Waals surface area contributed by atoms with E-state index in [1.807, 2.05) is 60.7 Å². The summed E-state index contributed by atoms with van der Waals surface area (Å²) in [5.41, 5.74) is 4.08. The molecule has 1 N–H and O–H groups in total. The Hall–Kier alpha value is -3.93. The van der Waals surface area contributed by atoms with Gasteiger partial charge in [0.05, 0.1) is 18.8 Å². The summed E-state index contributed by atoms with van der Waals surface area (Å²) >= 11 is 0. The predicted octanol–water partition coefficient (Wildman–Crippen LogP) is 4.97. The van der Waals surface area contributed by atoms with E-state index in [2.05, 4.69) is 10.2 Å². The Kier molecular flexibility index (Phi) is 4.32. The van der Waals surface area contributed by atoms with E-state index in [-0.39, 0.29) is 11.7 Å². The molecule has 1 amide bonds. The minimum atomic E-state index is -0.499. The number of amides is 1. The van der Waals surface area contributed by atoms with Crippen LogP contribution in [0.3, 0.4) is 0 Å². The first-order valence-corrected chi connectivity index (χ1v) is 9.54. The number of halogens is 1. The van der Waals surface area contributed by atoms with Gasteiger partial charge in [-0.05, 0) is 54.1 Å². The van der Waals surface area contributed by atoms with Crippen molar-refractivity contribution in [3.8, 4) is 17.0 Å². The van der Waals surface area contributed by atoms with Gasteiger partial charge in [0.1, 0.15) is 17.3 Å². The molecular formula is C24H18FN3O2. The Morgan fingerprint density at radius 3 is 2.47 bits per heavy atom. The molecule has 5 rings (SSSR count). The van der Waals surface area contributed by atoms with E-state index in [0.717, 1.165) is 22.6 Å². The van der Waals surface area contributed by atoms with Crippen LogP contribution >= 0.6 is 0 Å². The van der Waals surface area contributed by atoms with Crippen LogP contribution in [0.25, 0.3) is 11.3 Å². The smallest absolute Gasteiger partial charge is 0.277 e. The molecule has 148 valence electrons. The molecule has 0 bridgehead atoms. The first-order chi connectivity index (χ1) is 14.7. The number of fused-ring (bicyclic) bond motifs is 1. The van der Waals surface area contributed by atoms with Crippen molar-refractivity contribution in [2.24, 2.45) is 0 Å². The van der Waals surface area contributed by atoms with Crippen LogP contribution in [0.2, 0.25) is 0 Å². The number of rotatable bonds is 4. The van der Waals surface area contributed by atoms with E-state index >= 15 is 0 Å². The molecule has 0 spiro atoms. The molecule has 4 aromatic rings. The van der Waals surface area contributed by atoms with Crippen LogP contribution in [-0.2, 0) is 0 Å². The number of nitrogens with one attached hydrogen (secondary N) is 1. The van der Waals surface area contributed by atoms with Gasteiger partial charge in [0, 0.05) is 16.8 Å². The summed E-state index contributed by atoms with van der Waals surface area (Å²) < 4.78 is 19.4.